The molecule has 0 aliphatic heterocycles. The molecule has 19 heavy (non-hydrogen) atoms. The zero-order chi connectivity index (χ0) is 14.6. The predicted molar refractivity (Wildman–Crippen MR) is 63.8 cm³/mol. The standard InChI is InChI=1S/C12H15F3N2O2/c1-4-19-12(2,3)11(18)17-16-10-6-8(14)7(13)5-9(10)15/h5-6,16H,4H2,1-3H3,(H,17,18). The quantitative estimate of drug-likeness (QED) is 0.641. The maximum absolute atomic E-state index is 13.3. The molecule has 7 heteroatoms. The van der Waals surface area contributed by atoms with Crippen molar-refractivity contribution in [2.45, 2.75) is 26.4 Å². The zero-order valence-corrected chi connectivity index (χ0v) is 10.8. The number of halogens is 3. The van der Waals surface area contributed by atoms with E-state index in [0.29, 0.717) is 18.7 Å². The highest BCUT2D eigenvalue weighted by Crippen LogP contribution is 2.18. The van der Waals surface area contributed by atoms with Crippen LogP contribution in [-0.2, 0) is 9.53 Å². The Morgan fingerprint density at radius 3 is 2.37 bits per heavy atom. The highest BCUT2D eigenvalue weighted by molar-refractivity contribution is 5.85. The van der Waals surface area contributed by atoms with Gasteiger partial charge in [-0.3, -0.25) is 15.6 Å². The lowest BCUT2D eigenvalue weighted by Gasteiger charge is -2.23. The highest BCUT2D eigenvalue weighted by atomic mass is 19.2. The molecular weight excluding hydrogens is 261 g/mol. The van der Waals surface area contributed by atoms with Gasteiger partial charge in [-0.1, -0.05) is 0 Å². The van der Waals surface area contributed by atoms with Crippen molar-refractivity contribution in [1.29, 1.82) is 0 Å². The average Bonchev–Trinajstić information content (AvgIpc) is 2.31. The van der Waals surface area contributed by atoms with Crippen molar-refractivity contribution < 1.29 is 22.7 Å². The van der Waals surface area contributed by atoms with E-state index in [-0.39, 0.29) is 5.69 Å². The Morgan fingerprint density at radius 2 is 1.79 bits per heavy atom. The van der Waals surface area contributed by atoms with Gasteiger partial charge in [-0.05, 0) is 20.8 Å². The molecule has 0 aliphatic carbocycles. The van der Waals surface area contributed by atoms with Gasteiger partial charge < -0.3 is 4.74 Å². The molecule has 1 amide bonds. The fourth-order valence-corrected chi connectivity index (χ4v) is 1.32. The number of benzene rings is 1. The summed E-state index contributed by atoms with van der Waals surface area (Å²) >= 11 is 0. The highest BCUT2D eigenvalue weighted by Gasteiger charge is 2.28. The molecule has 0 bridgehead atoms. The summed E-state index contributed by atoms with van der Waals surface area (Å²) in [5.41, 5.74) is 2.85. The molecule has 1 aromatic rings. The van der Waals surface area contributed by atoms with Crippen LogP contribution in [0.2, 0.25) is 0 Å². The first kappa shape index (κ1) is 15.3. The van der Waals surface area contributed by atoms with Gasteiger partial charge in [0.15, 0.2) is 17.5 Å². The predicted octanol–water partition coefficient (Wildman–Crippen LogP) is 2.36. The molecule has 0 saturated heterocycles. The van der Waals surface area contributed by atoms with E-state index in [0.717, 1.165) is 0 Å². The van der Waals surface area contributed by atoms with E-state index in [1.165, 1.54) is 13.8 Å². The van der Waals surface area contributed by atoms with Gasteiger partial charge in [0, 0.05) is 18.7 Å². The van der Waals surface area contributed by atoms with Gasteiger partial charge in [-0.15, -0.1) is 0 Å². The van der Waals surface area contributed by atoms with E-state index < -0.39 is 29.0 Å². The number of rotatable bonds is 5. The zero-order valence-electron chi connectivity index (χ0n) is 10.8. The Bertz CT molecular complexity index is 478. The van der Waals surface area contributed by atoms with Crippen LogP contribution in [0.1, 0.15) is 20.8 Å². The summed E-state index contributed by atoms with van der Waals surface area (Å²) < 4.78 is 44.1. The van der Waals surface area contributed by atoms with E-state index in [1.807, 2.05) is 0 Å². The molecule has 0 atom stereocenters. The van der Waals surface area contributed by atoms with Crippen LogP contribution in [0.4, 0.5) is 18.9 Å². The lowest BCUT2D eigenvalue weighted by molar-refractivity contribution is -0.141. The summed E-state index contributed by atoms with van der Waals surface area (Å²) in [7, 11) is 0. The van der Waals surface area contributed by atoms with Gasteiger partial charge in [0.25, 0.3) is 5.91 Å². The van der Waals surface area contributed by atoms with Crippen LogP contribution in [0.15, 0.2) is 12.1 Å². The summed E-state index contributed by atoms with van der Waals surface area (Å²) in [5.74, 6) is -4.11. The monoisotopic (exact) mass is 276 g/mol. The van der Waals surface area contributed by atoms with Crippen molar-refractivity contribution in [3.05, 3.63) is 29.6 Å². The minimum atomic E-state index is -1.30. The molecule has 1 rings (SSSR count). The third-order valence-corrected chi connectivity index (χ3v) is 2.37. The van der Waals surface area contributed by atoms with Crippen LogP contribution in [0.5, 0.6) is 0 Å². The Hall–Kier alpha value is -1.76. The van der Waals surface area contributed by atoms with Crippen LogP contribution in [0.3, 0.4) is 0 Å². The summed E-state index contributed by atoms with van der Waals surface area (Å²) in [6.07, 6.45) is 0. The minimum Gasteiger partial charge on any atom is -0.366 e. The van der Waals surface area contributed by atoms with Crippen molar-refractivity contribution in [1.82, 2.24) is 5.43 Å². The molecule has 106 valence electrons. The van der Waals surface area contributed by atoms with Crippen molar-refractivity contribution in [3.8, 4) is 0 Å². The number of amides is 1. The van der Waals surface area contributed by atoms with Crippen LogP contribution in [0.25, 0.3) is 0 Å². The van der Waals surface area contributed by atoms with Crippen molar-refractivity contribution in [2.75, 3.05) is 12.0 Å². The van der Waals surface area contributed by atoms with E-state index in [9.17, 15) is 18.0 Å². The molecule has 0 radical (unpaired) electrons. The first-order chi connectivity index (χ1) is 8.77. The second-order valence-electron chi connectivity index (χ2n) is 4.27. The Morgan fingerprint density at radius 1 is 1.21 bits per heavy atom. The summed E-state index contributed by atoms with van der Waals surface area (Å²) in [4.78, 5) is 11.7. The van der Waals surface area contributed by atoms with Crippen LogP contribution < -0.4 is 10.9 Å². The van der Waals surface area contributed by atoms with Crippen LogP contribution >= 0.6 is 0 Å². The molecule has 0 heterocycles. The second kappa shape index (κ2) is 5.92. The van der Waals surface area contributed by atoms with E-state index in [4.69, 9.17) is 4.74 Å². The second-order valence-corrected chi connectivity index (χ2v) is 4.27. The Kier molecular flexibility index (Phi) is 4.77. The van der Waals surface area contributed by atoms with Crippen molar-refractivity contribution in [3.63, 3.8) is 0 Å². The topological polar surface area (TPSA) is 50.4 Å². The average molecular weight is 276 g/mol. The molecule has 2 N–H and O–H groups in total. The molecule has 0 fully saturated rings. The number of hydrogen-bond acceptors (Lipinski definition) is 3. The van der Waals surface area contributed by atoms with Gasteiger partial charge in [-0.25, -0.2) is 13.2 Å². The number of nitrogens with one attached hydrogen (secondary N) is 2. The fourth-order valence-electron chi connectivity index (χ4n) is 1.32. The molecule has 0 unspecified atom stereocenters. The Labute approximate surface area is 108 Å². The number of hydrogen-bond donors (Lipinski definition) is 2. The number of hydrazine groups is 1. The third-order valence-electron chi connectivity index (χ3n) is 2.37. The van der Waals surface area contributed by atoms with E-state index in [2.05, 4.69) is 10.9 Å². The lowest BCUT2D eigenvalue weighted by atomic mass is 10.1. The lowest BCUT2D eigenvalue weighted by Crippen LogP contribution is -2.46. The first-order valence-corrected chi connectivity index (χ1v) is 5.63. The number of carbonyl (C=O) groups excluding carboxylic acids is 1. The third kappa shape index (κ3) is 3.85. The van der Waals surface area contributed by atoms with Gasteiger partial charge in [0.1, 0.15) is 5.60 Å². The van der Waals surface area contributed by atoms with E-state index >= 15 is 0 Å². The maximum atomic E-state index is 13.3. The summed E-state index contributed by atoms with van der Waals surface area (Å²) in [6.45, 7) is 5.08. The maximum Gasteiger partial charge on any atom is 0.269 e. The van der Waals surface area contributed by atoms with Gasteiger partial charge >= 0.3 is 0 Å². The molecule has 0 spiro atoms. The number of anilines is 1. The first-order valence-electron chi connectivity index (χ1n) is 5.63. The normalized spacial score (nSPS) is 11.3. The molecule has 4 nitrogen and oxygen atoms in total. The summed E-state index contributed by atoms with van der Waals surface area (Å²) in [5, 5.41) is 0. The smallest absolute Gasteiger partial charge is 0.269 e. The van der Waals surface area contributed by atoms with Crippen molar-refractivity contribution >= 4 is 11.6 Å². The Balaban J connectivity index is 2.72. The fraction of sp³-hybridized carbons (Fsp3) is 0.417. The van der Waals surface area contributed by atoms with Gasteiger partial charge in [0.05, 0.1) is 5.69 Å². The summed E-state index contributed by atoms with van der Waals surface area (Å²) in [6, 6.07) is 0.996. The molecule has 0 aromatic heterocycles. The van der Waals surface area contributed by atoms with Crippen molar-refractivity contribution in [2.24, 2.45) is 0 Å². The minimum absolute atomic E-state index is 0.319. The molecule has 1 aromatic carbocycles. The van der Waals surface area contributed by atoms with E-state index in [1.54, 1.807) is 6.92 Å². The largest absolute Gasteiger partial charge is 0.366 e. The van der Waals surface area contributed by atoms with Crippen LogP contribution in [0, 0.1) is 17.5 Å². The van der Waals surface area contributed by atoms with Gasteiger partial charge in [0.2, 0.25) is 0 Å². The molecule has 0 saturated carbocycles. The SMILES string of the molecule is CCOC(C)(C)C(=O)NNc1cc(F)c(F)cc1F. The number of carbonyl (C=O) groups is 1. The molecular formula is C12H15F3N2O2. The molecule has 0 aliphatic rings. The van der Waals surface area contributed by atoms with Crippen LogP contribution in [-0.4, -0.2) is 18.1 Å². The number of ether oxygens (including phenoxy) is 1. The van der Waals surface area contributed by atoms with Gasteiger partial charge in [-0.2, -0.15) is 0 Å².